The Balaban J connectivity index is 1.77. The quantitative estimate of drug-likeness (QED) is 0.711. The van der Waals surface area contributed by atoms with Crippen LogP contribution in [0.1, 0.15) is 5.56 Å². The van der Waals surface area contributed by atoms with Crippen molar-refractivity contribution in [1.82, 2.24) is 4.90 Å². The lowest BCUT2D eigenvalue weighted by molar-refractivity contribution is 0.230. The van der Waals surface area contributed by atoms with Gasteiger partial charge in [0.15, 0.2) is 0 Å². The lowest BCUT2D eigenvalue weighted by Gasteiger charge is -2.12. The highest BCUT2D eigenvalue weighted by Gasteiger charge is 2.04. The second-order valence-corrected chi connectivity index (χ2v) is 6.29. The maximum Gasteiger partial charge on any atom is 0.321 e. The van der Waals surface area contributed by atoms with Gasteiger partial charge in [0.2, 0.25) is 0 Å². The number of halogens is 1. The summed E-state index contributed by atoms with van der Waals surface area (Å²) >= 11 is 5.92. The summed E-state index contributed by atoms with van der Waals surface area (Å²) in [4.78, 5) is 13.1. The van der Waals surface area contributed by atoms with Crippen molar-refractivity contribution in [3.63, 3.8) is 0 Å². The van der Waals surface area contributed by atoms with Gasteiger partial charge in [0.25, 0.3) is 0 Å². The Kier molecular flexibility index (Phi) is 7.36. The summed E-state index contributed by atoms with van der Waals surface area (Å²) < 4.78 is 11.3. The van der Waals surface area contributed by atoms with Gasteiger partial charge in [-0.25, -0.2) is 4.79 Å². The molecule has 5 nitrogen and oxygen atoms in total. The minimum Gasteiger partial charge on any atom is -0.489 e. The van der Waals surface area contributed by atoms with E-state index >= 15 is 0 Å². The molecule has 138 valence electrons. The van der Waals surface area contributed by atoms with Crippen molar-refractivity contribution in [3.05, 3.63) is 65.2 Å². The molecule has 0 fully saturated rings. The Hall–Kier alpha value is -2.66. The summed E-state index contributed by atoms with van der Waals surface area (Å²) in [6.45, 7) is 2.81. The van der Waals surface area contributed by atoms with Gasteiger partial charge in [-0.1, -0.05) is 17.7 Å². The van der Waals surface area contributed by atoms with Crippen LogP contribution in [0.15, 0.2) is 54.6 Å². The zero-order chi connectivity index (χ0) is 18.9. The maximum atomic E-state index is 11.7. The van der Waals surface area contributed by atoms with Gasteiger partial charge in [0.1, 0.15) is 24.7 Å². The van der Waals surface area contributed by atoms with Crippen LogP contribution in [0.4, 0.5) is 10.5 Å². The average molecular weight is 375 g/mol. The molecular formula is C20H23ClN2O3. The SMILES string of the molecule is Cc1cc(Cl)ccc1OC/C=C/COc1cccc(NC(=O)N(C)C)c1. The molecule has 0 bridgehead atoms. The molecule has 0 aromatic heterocycles. The number of hydrogen-bond donors (Lipinski definition) is 1. The maximum absolute atomic E-state index is 11.7. The van der Waals surface area contributed by atoms with Crippen LogP contribution in [0, 0.1) is 6.92 Å². The van der Waals surface area contributed by atoms with Gasteiger partial charge < -0.3 is 19.7 Å². The van der Waals surface area contributed by atoms with Gasteiger partial charge in [-0.3, -0.25) is 0 Å². The van der Waals surface area contributed by atoms with E-state index in [-0.39, 0.29) is 6.03 Å². The second-order valence-electron chi connectivity index (χ2n) is 5.86. The van der Waals surface area contributed by atoms with E-state index in [0.29, 0.717) is 29.7 Å². The third-order valence-electron chi connectivity index (χ3n) is 3.48. The molecule has 0 aliphatic heterocycles. The van der Waals surface area contributed by atoms with Crippen LogP contribution in [0.2, 0.25) is 5.02 Å². The van der Waals surface area contributed by atoms with Crippen molar-refractivity contribution < 1.29 is 14.3 Å². The molecule has 0 aliphatic carbocycles. The van der Waals surface area contributed by atoms with E-state index in [4.69, 9.17) is 21.1 Å². The highest BCUT2D eigenvalue weighted by atomic mass is 35.5. The van der Waals surface area contributed by atoms with Crippen LogP contribution in [0.25, 0.3) is 0 Å². The molecule has 0 unspecified atom stereocenters. The normalized spacial score (nSPS) is 10.6. The molecule has 2 amide bonds. The number of ether oxygens (including phenoxy) is 2. The smallest absolute Gasteiger partial charge is 0.321 e. The molecule has 26 heavy (non-hydrogen) atoms. The summed E-state index contributed by atoms with van der Waals surface area (Å²) in [6, 6.07) is 12.6. The summed E-state index contributed by atoms with van der Waals surface area (Å²) in [5.74, 6) is 1.49. The lowest BCUT2D eigenvalue weighted by Crippen LogP contribution is -2.27. The minimum atomic E-state index is -0.184. The van der Waals surface area contributed by atoms with E-state index in [9.17, 15) is 4.79 Å². The van der Waals surface area contributed by atoms with E-state index in [2.05, 4.69) is 5.32 Å². The Morgan fingerprint density at radius 1 is 1.12 bits per heavy atom. The second kappa shape index (κ2) is 9.73. The Labute approximate surface area is 159 Å². The van der Waals surface area contributed by atoms with Crippen LogP contribution in [0.3, 0.4) is 0 Å². The predicted octanol–water partition coefficient (Wildman–Crippen LogP) is 4.76. The number of carbonyl (C=O) groups is 1. The van der Waals surface area contributed by atoms with Gasteiger partial charge >= 0.3 is 6.03 Å². The van der Waals surface area contributed by atoms with Gasteiger partial charge in [0.05, 0.1) is 0 Å². The fourth-order valence-electron chi connectivity index (χ4n) is 2.09. The van der Waals surface area contributed by atoms with Crippen LogP contribution >= 0.6 is 11.6 Å². The number of hydrogen-bond acceptors (Lipinski definition) is 3. The molecule has 0 radical (unpaired) electrons. The molecular weight excluding hydrogens is 352 g/mol. The number of urea groups is 1. The Bertz CT molecular complexity index is 775. The summed E-state index contributed by atoms with van der Waals surface area (Å²) in [7, 11) is 3.38. The number of carbonyl (C=O) groups excluding carboxylic acids is 1. The fourth-order valence-corrected chi connectivity index (χ4v) is 2.32. The summed E-state index contributed by atoms with van der Waals surface area (Å²) in [5, 5.41) is 3.48. The molecule has 0 aliphatic rings. The minimum absolute atomic E-state index is 0.184. The fraction of sp³-hybridized carbons (Fsp3) is 0.250. The predicted molar refractivity (Wildman–Crippen MR) is 105 cm³/mol. The number of nitrogens with one attached hydrogen (secondary N) is 1. The van der Waals surface area contributed by atoms with Crippen molar-refractivity contribution in [1.29, 1.82) is 0 Å². The van der Waals surface area contributed by atoms with Crippen LogP contribution in [-0.4, -0.2) is 38.2 Å². The number of rotatable bonds is 7. The first-order chi connectivity index (χ1) is 12.5. The Morgan fingerprint density at radius 2 is 1.85 bits per heavy atom. The van der Waals surface area contributed by atoms with Crippen molar-refractivity contribution in [2.24, 2.45) is 0 Å². The monoisotopic (exact) mass is 374 g/mol. The van der Waals surface area contributed by atoms with Crippen molar-refractivity contribution in [2.75, 3.05) is 32.6 Å². The molecule has 0 saturated heterocycles. The number of aryl methyl sites for hydroxylation is 1. The number of amides is 2. The Morgan fingerprint density at radius 3 is 2.54 bits per heavy atom. The largest absolute Gasteiger partial charge is 0.489 e. The first-order valence-electron chi connectivity index (χ1n) is 8.21. The third-order valence-corrected chi connectivity index (χ3v) is 3.71. The zero-order valence-electron chi connectivity index (χ0n) is 15.2. The van der Waals surface area contributed by atoms with E-state index in [0.717, 1.165) is 11.3 Å². The average Bonchev–Trinajstić information content (AvgIpc) is 2.59. The van der Waals surface area contributed by atoms with Crippen LogP contribution in [-0.2, 0) is 0 Å². The molecule has 0 spiro atoms. The van der Waals surface area contributed by atoms with Gasteiger partial charge in [-0.05, 0) is 55.0 Å². The molecule has 2 aromatic carbocycles. The third kappa shape index (κ3) is 6.33. The van der Waals surface area contributed by atoms with Crippen molar-refractivity contribution in [2.45, 2.75) is 6.92 Å². The van der Waals surface area contributed by atoms with Crippen molar-refractivity contribution in [3.8, 4) is 11.5 Å². The highest BCUT2D eigenvalue weighted by molar-refractivity contribution is 6.30. The number of nitrogens with zero attached hydrogens (tertiary/aromatic N) is 1. The molecule has 0 saturated carbocycles. The first kappa shape index (κ1) is 19.7. The molecule has 2 rings (SSSR count). The molecule has 0 heterocycles. The molecule has 6 heteroatoms. The first-order valence-corrected chi connectivity index (χ1v) is 8.58. The van der Waals surface area contributed by atoms with Crippen LogP contribution < -0.4 is 14.8 Å². The topological polar surface area (TPSA) is 50.8 Å². The molecule has 2 aromatic rings. The zero-order valence-corrected chi connectivity index (χ0v) is 15.9. The van der Waals surface area contributed by atoms with Gasteiger partial charge in [0, 0.05) is 30.9 Å². The summed E-state index contributed by atoms with van der Waals surface area (Å²) in [6.07, 6.45) is 3.78. The standard InChI is InChI=1S/C20H23ClN2O3/c1-15-13-16(21)9-10-19(15)26-12-5-4-11-25-18-8-6-7-17(14-18)22-20(24)23(2)3/h4-10,13-14H,11-12H2,1-3H3,(H,22,24)/b5-4+. The van der Waals surface area contributed by atoms with Crippen LogP contribution in [0.5, 0.6) is 11.5 Å². The van der Waals surface area contributed by atoms with Gasteiger partial charge in [-0.15, -0.1) is 0 Å². The van der Waals surface area contributed by atoms with Crippen molar-refractivity contribution >= 4 is 23.3 Å². The highest BCUT2D eigenvalue weighted by Crippen LogP contribution is 2.21. The molecule has 0 atom stereocenters. The lowest BCUT2D eigenvalue weighted by atomic mass is 10.2. The van der Waals surface area contributed by atoms with Gasteiger partial charge in [-0.2, -0.15) is 0 Å². The molecule has 1 N–H and O–H groups in total. The van der Waals surface area contributed by atoms with E-state index in [1.807, 2.05) is 49.4 Å². The number of benzene rings is 2. The number of anilines is 1. The van der Waals surface area contributed by atoms with E-state index in [1.165, 1.54) is 4.90 Å². The summed E-state index contributed by atoms with van der Waals surface area (Å²) in [5.41, 5.74) is 1.69. The van der Waals surface area contributed by atoms with E-state index < -0.39 is 0 Å². The van der Waals surface area contributed by atoms with E-state index in [1.54, 1.807) is 26.2 Å².